The van der Waals surface area contributed by atoms with E-state index >= 15 is 0 Å². The van der Waals surface area contributed by atoms with Crippen molar-refractivity contribution in [2.45, 2.75) is 18.0 Å². The first kappa shape index (κ1) is 19.5. The number of carbonyl (C=O) groups is 1. The highest BCUT2D eigenvalue weighted by Gasteiger charge is 2.37. The van der Waals surface area contributed by atoms with Gasteiger partial charge in [-0.15, -0.1) is 0 Å². The average molecular weight is 410 g/mol. The monoisotopic (exact) mass is 410 g/mol. The van der Waals surface area contributed by atoms with E-state index in [0.717, 1.165) is 19.1 Å². The number of pyridine rings is 1. The van der Waals surface area contributed by atoms with Crippen LogP contribution in [0.25, 0.3) is 22.6 Å². The molecule has 2 heterocycles. The Morgan fingerprint density at radius 3 is 2.32 bits per heavy atom. The van der Waals surface area contributed by atoms with Crippen LogP contribution >= 0.6 is 0 Å². The van der Waals surface area contributed by atoms with Crippen molar-refractivity contribution >= 4 is 15.9 Å². The highest BCUT2D eigenvalue weighted by molar-refractivity contribution is 7.90. The molecule has 0 bridgehead atoms. The number of aromatic amines is 1. The molecule has 0 spiro atoms. The molecule has 0 aliphatic heterocycles. The molecule has 0 aliphatic carbocycles. The second-order valence-corrected chi connectivity index (χ2v) is 7.42. The quantitative estimate of drug-likeness (QED) is 0.688. The molecule has 2 aromatic heterocycles. The van der Waals surface area contributed by atoms with E-state index in [9.17, 15) is 26.4 Å². The second-order valence-electron chi connectivity index (χ2n) is 5.73. The smallest absolute Gasteiger partial charge is 0.334 e. The lowest BCUT2D eigenvalue weighted by atomic mass is 10.1. The number of rotatable bonds is 4. The van der Waals surface area contributed by atoms with Crippen LogP contribution < -0.4 is 4.72 Å². The van der Waals surface area contributed by atoms with Crippen LogP contribution in [0.3, 0.4) is 0 Å². The molecule has 1 aromatic carbocycles. The predicted molar refractivity (Wildman–Crippen MR) is 93.3 cm³/mol. The highest BCUT2D eigenvalue weighted by Crippen LogP contribution is 2.37. The second kappa shape index (κ2) is 7.08. The van der Waals surface area contributed by atoms with Gasteiger partial charge in [0, 0.05) is 30.4 Å². The summed E-state index contributed by atoms with van der Waals surface area (Å²) in [4.78, 5) is 20.9. The van der Waals surface area contributed by atoms with E-state index in [4.69, 9.17) is 0 Å². The first-order valence-electron chi connectivity index (χ1n) is 7.79. The molecule has 0 fully saturated rings. The van der Waals surface area contributed by atoms with Gasteiger partial charge < -0.3 is 4.98 Å². The molecule has 3 rings (SSSR count). The molecule has 11 heteroatoms. The molecule has 0 unspecified atom stereocenters. The molecule has 7 nitrogen and oxygen atoms in total. The van der Waals surface area contributed by atoms with Gasteiger partial charge in [0.15, 0.2) is 0 Å². The van der Waals surface area contributed by atoms with Crippen LogP contribution in [-0.4, -0.2) is 29.3 Å². The molecule has 0 atom stereocenters. The topological polar surface area (TPSA) is 105 Å². The van der Waals surface area contributed by atoms with E-state index < -0.39 is 27.8 Å². The van der Waals surface area contributed by atoms with Crippen molar-refractivity contribution in [3.8, 4) is 22.6 Å². The minimum Gasteiger partial charge on any atom is -0.334 e. The van der Waals surface area contributed by atoms with Crippen molar-refractivity contribution < 1.29 is 26.4 Å². The maximum atomic E-state index is 13.4. The predicted octanol–water partition coefficient (Wildman–Crippen LogP) is 2.98. The van der Waals surface area contributed by atoms with E-state index in [1.807, 2.05) is 0 Å². The van der Waals surface area contributed by atoms with Crippen molar-refractivity contribution in [3.05, 3.63) is 54.5 Å². The van der Waals surface area contributed by atoms with Gasteiger partial charge in [-0.1, -0.05) is 12.1 Å². The number of alkyl halides is 3. The molecule has 0 saturated carbocycles. The Balaban J connectivity index is 2.06. The number of carbonyl (C=O) groups excluding carboxylic acids is 1. The van der Waals surface area contributed by atoms with Crippen LogP contribution in [0.2, 0.25) is 0 Å². The normalized spacial score (nSPS) is 12.0. The van der Waals surface area contributed by atoms with Gasteiger partial charge in [-0.2, -0.15) is 13.2 Å². The number of amides is 1. The van der Waals surface area contributed by atoms with E-state index in [1.54, 1.807) is 16.9 Å². The summed E-state index contributed by atoms with van der Waals surface area (Å²) in [7, 11) is -4.09. The van der Waals surface area contributed by atoms with Crippen LogP contribution in [-0.2, 0) is 21.0 Å². The fraction of sp³-hybridized carbons (Fsp3) is 0.118. The fourth-order valence-electron chi connectivity index (χ4n) is 2.47. The first-order chi connectivity index (χ1) is 13.1. The minimum atomic E-state index is -4.70. The summed E-state index contributed by atoms with van der Waals surface area (Å²) in [6.45, 7) is 1.03. The van der Waals surface area contributed by atoms with Gasteiger partial charge in [0.05, 0.1) is 4.90 Å². The third-order valence-corrected chi connectivity index (χ3v) is 5.09. The van der Waals surface area contributed by atoms with Gasteiger partial charge >= 0.3 is 6.18 Å². The first-order valence-corrected chi connectivity index (χ1v) is 9.27. The van der Waals surface area contributed by atoms with Gasteiger partial charge in [0.2, 0.25) is 5.91 Å². The summed E-state index contributed by atoms with van der Waals surface area (Å²) in [5, 5.41) is 0. The number of hydrogen-bond acceptors (Lipinski definition) is 5. The number of benzene rings is 1. The molecule has 3 aromatic rings. The summed E-state index contributed by atoms with van der Waals surface area (Å²) >= 11 is 0. The number of sulfonamides is 1. The lowest BCUT2D eigenvalue weighted by Crippen LogP contribution is -2.28. The molecule has 146 valence electrons. The van der Waals surface area contributed by atoms with Gasteiger partial charge in [-0.3, -0.25) is 9.78 Å². The van der Waals surface area contributed by atoms with E-state index in [1.165, 1.54) is 24.5 Å². The third kappa shape index (κ3) is 4.03. The Morgan fingerprint density at radius 1 is 1.11 bits per heavy atom. The number of aromatic nitrogens is 3. The third-order valence-electron chi connectivity index (χ3n) is 3.64. The van der Waals surface area contributed by atoms with Crippen LogP contribution in [0, 0.1) is 0 Å². The van der Waals surface area contributed by atoms with E-state index in [2.05, 4.69) is 15.0 Å². The Bertz CT molecular complexity index is 1110. The number of H-pyrrole nitrogens is 1. The molecule has 28 heavy (non-hydrogen) atoms. The Morgan fingerprint density at radius 2 is 1.79 bits per heavy atom. The highest BCUT2D eigenvalue weighted by atomic mass is 32.2. The summed E-state index contributed by atoms with van der Waals surface area (Å²) in [6, 6.07) is 7.68. The largest absolute Gasteiger partial charge is 0.433 e. The van der Waals surface area contributed by atoms with E-state index in [0.29, 0.717) is 5.56 Å². The number of nitrogens with zero attached hydrogens (tertiary/aromatic N) is 2. The molecular formula is C17H13F3N4O3S. The van der Waals surface area contributed by atoms with Crippen molar-refractivity contribution in [2.75, 3.05) is 0 Å². The maximum Gasteiger partial charge on any atom is 0.433 e. The van der Waals surface area contributed by atoms with Crippen LogP contribution in [0.4, 0.5) is 13.2 Å². The molecule has 0 saturated heterocycles. The van der Waals surface area contributed by atoms with Crippen molar-refractivity contribution in [1.29, 1.82) is 0 Å². The molecule has 0 aliphatic rings. The number of nitrogens with one attached hydrogen (secondary N) is 2. The SMILES string of the molecule is CC(=O)NS(=O)(=O)c1ccc(-c2nc(-c3cccnc3)[nH]c2C(F)(F)F)cc1. The van der Waals surface area contributed by atoms with Crippen LogP contribution in [0.1, 0.15) is 12.6 Å². The zero-order valence-electron chi connectivity index (χ0n) is 14.3. The van der Waals surface area contributed by atoms with Crippen molar-refractivity contribution in [3.63, 3.8) is 0 Å². The Labute approximate surface area is 157 Å². The minimum absolute atomic E-state index is 0.0228. The zero-order chi connectivity index (χ0) is 20.5. The van der Waals surface area contributed by atoms with Crippen molar-refractivity contribution in [1.82, 2.24) is 19.7 Å². The lowest BCUT2D eigenvalue weighted by Gasteiger charge is -2.08. The van der Waals surface area contributed by atoms with Gasteiger partial charge in [-0.05, 0) is 24.3 Å². The zero-order valence-corrected chi connectivity index (χ0v) is 15.1. The molecule has 0 radical (unpaired) electrons. The fourth-order valence-corrected chi connectivity index (χ4v) is 3.46. The summed E-state index contributed by atoms with van der Waals surface area (Å²) in [5.41, 5.74) is -1.02. The van der Waals surface area contributed by atoms with Gasteiger partial charge in [0.25, 0.3) is 10.0 Å². The van der Waals surface area contributed by atoms with Gasteiger partial charge in [0.1, 0.15) is 17.2 Å². The Hall–Kier alpha value is -3.21. The maximum absolute atomic E-state index is 13.4. The standard InChI is InChI=1S/C17H13F3N4O3S/c1-10(25)24-28(26,27)13-6-4-11(5-7-13)14-15(17(18,19)20)23-16(22-14)12-3-2-8-21-9-12/h2-9H,1H3,(H,22,23)(H,24,25). The molecule has 2 N–H and O–H groups in total. The molecule has 1 amide bonds. The number of hydrogen-bond donors (Lipinski definition) is 2. The summed E-state index contributed by atoms with van der Waals surface area (Å²) < 4.78 is 66.0. The van der Waals surface area contributed by atoms with E-state index in [-0.39, 0.29) is 22.0 Å². The average Bonchev–Trinajstić information content (AvgIpc) is 3.07. The summed E-state index contributed by atoms with van der Waals surface area (Å²) in [5.74, 6) is -0.804. The van der Waals surface area contributed by atoms with Crippen LogP contribution in [0.5, 0.6) is 0 Å². The molecular weight excluding hydrogens is 397 g/mol. The Kier molecular flexibility index (Phi) is 4.94. The van der Waals surface area contributed by atoms with Crippen molar-refractivity contribution in [2.24, 2.45) is 0 Å². The van der Waals surface area contributed by atoms with Gasteiger partial charge in [-0.25, -0.2) is 18.1 Å². The lowest BCUT2D eigenvalue weighted by molar-refractivity contribution is -0.140. The number of halogens is 3. The van der Waals surface area contributed by atoms with Crippen LogP contribution in [0.15, 0.2) is 53.7 Å². The number of imidazole rings is 1. The summed E-state index contributed by atoms with van der Waals surface area (Å²) in [6.07, 6.45) is -1.86.